The molecule has 1 spiro atoms. The molecule has 0 N–H and O–H groups in total. The van der Waals surface area contributed by atoms with Gasteiger partial charge in [-0.1, -0.05) is 0 Å². The van der Waals surface area contributed by atoms with Gasteiger partial charge in [-0.2, -0.15) is 0 Å². The summed E-state index contributed by atoms with van der Waals surface area (Å²) in [5.41, 5.74) is 0. The Bertz CT molecular complexity index is 261. The molecule has 3 fully saturated rings. The summed E-state index contributed by atoms with van der Waals surface area (Å²) in [6.07, 6.45) is 3.04. The molecule has 2 aliphatic heterocycles. The average molecular weight is 246 g/mol. The van der Waals surface area contributed by atoms with E-state index in [2.05, 4.69) is 23.5 Å². The third-order valence-corrected chi connectivity index (χ3v) is 6.98. The van der Waals surface area contributed by atoms with Crippen molar-refractivity contribution < 1.29 is 9.47 Å². The van der Waals surface area contributed by atoms with Gasteiger partial charge in [0.05, 0.1) is 16.8 Å². The van der Waals surface area contributed by atoms with Crippen molar-refractivity contribution >= 4 is 23.5 Å². The quantitative estimate of drug-likeness (QED) is 0.708. The molecule has 0 amide bonds. The highest BCUT2D eigenvalue weighted by Gasteiger charge is 2.61. The fraction of sp³-hybridized carbons (Fsp3) is 1.00. The lowest BCUT2D eigenvalue weighted by molar-refractivity contribution is -0.140. The van der Waals surface area contributed by atoms with Gasteiger partial charge in [0, 0.05) is 5.92 Å². The highest BCUT2D eigenvalue weighted by atomic mass is 32.2. The first kappa shape index (κ1) is 10.8. The van der Waals surface area contributed by atoms with Gasteiger partial charge in [0.15, 0.2) is 5.79 Å². The van der Waals surface area contributed by atoms with Crippen LogP contribution in [0.4, 0.5) is 0 Å². The molecule has 0 radical (unpaired) electrons. The van der Waals surface area contributed by atoms with E-state index in [-0.39, 0.29) is 5.79 Å². The molecule has 0 aromatic heterocycles. The van der Waals surface area contributed by atoms with E-state index in [0.29, 0.717) is 10.2 Å². The minimum atomic E-state index is -0.349. The standard InChI is InChI=1S/C11H18O2S2/c1-10(2)12-7-9(13-10)8-6-11(8)14-4-3-5-15-11/h8-9H,3-7H2,1-2H3/t8-,9?/m1/s1. The van der Waals surface area contributed by atoms with Crippen LogP contribution in [0.1, 0.15) is 26.7 Å². The van der Waals surface area contributed by atoms with Crippen LogP contribution in [0.25, 0.3) is 0 Å². The Morgan fingerprint density at radius 1 is 1.20 bits per heavy atom. The molecule has 0 aromatic rings. The van der Waals surface area contributed by atoms with Crippen LogP contribution < -0.4 is 0 Å². The van der Waals surface area contributed by atoms with E-state index in [4.69, 9.17) is 9.47 Å². The molecule has 2 nitrogen and oxygen atoms in total. The average Bonchev–Trinajstić information content (AvgIpc) is 2.75. The van der Waals surface area contributed by atoms with Gasteiger partial charge in [-0.3, -0.25) is 0 Å². The van der Waals surface area contributed by atoms with E-state index in [0.717, 1.165) is 12.5 Å². The number of thioether (sulfide) groups is 2. The minimum Gasteiger partial charge on any atom is -0.348 e. The van der Waals surface area contributed by atoms with Crippen molar-refractivity contribution in [3.05, 3.63) is 0 Å². The molecular weight excluding hydrogens is 228 g/mol. The molecule has 3 rings (SSSR count). The Morgan fingerprint density at radius 3 is 2.53 bits per heavy atom. The lowest BCUT2D eigenvalue weighted by atomic mass is 10.2. The van der Waals surface area contributed by atoms with Crippen molar-refractivity contribution in [1.82, 2.24) is 0 Å². The first-order chi connectivity index (χ1) is 7.11. The molecule has 1 aliphatic carbocycles. The van der Waals surface area contributed by atoms with Crippen LogP contribution >= 0.6 is 23.5 Å². The van der Waals surface area contributed by atoms with Crippen LogP contribution in [0, 0.1) is 5.92 Å². The van der Waals surface area contributed by atoms with E-state index in [1.165, 1.54) is 24.3 Å². The summed E-state index contributed by atoms with van der Waals surface area (Å²) in [5.74, 6) is 3.05. The molecular formula is C11H18O2S2. The van der Waals surface area contributed by atoms with E-state index in [1.54, 1.807) is 0 Å². The van der Waals surface area contributed by atoms with Crippen LogP contribution in [0.5, 0.6) is 0 Å². The van der Waals surface area contributed by atoms with Crippen molar-refractivity contribution in [2.45, 2.75) is 42.7 Å². The van der Waals surface area contributed by atoms with Gasteiger partial charge in [0.1, 0.15) is 0 Å². The second-order valence-corrected chi connectivity index (χ2v) is 8.15. The summed E-state index contributed by atoms with van der Waals surface area (Å²) in [4.78, 5) is 0. The lowest BCUT2D eigenvalue weighted by Crippen LogP contribution is -2.24. The molecule has 1 unspecified atom stereocenters. The molecule has 0 aromatic carbocycles. The summed E-state index contributed by atoms with van der Waals surface area (Å²) in [6.45, 7) is 4.83. The van der Waals surface area contributed by atoms with Crippen LogP contribution in [0.2, 0.25) is 0 Å². The van der Waals surface area contributed by atoms with E-state index >= 15 is 0 Å². The smallest absolute Gasteiger partial charge is 0.163 e. The number of rotatable bonds is 1. The van der Waals surface area contributed by atoms with Gasteiger partial charge in [0.25, 0.3) is 0 Å². The van der Waals surface area contributed by atoms with Crippen molar-refractivity contribution in [2.24, 2.45) is 5.92 Å². The van der Waals surface area contributed by atoms with Gasteiger partial charge in [-0.25, -0.2) is 0 Å². The molecule has 2 heterocycles. The van der Waals surface area contributed by atoms with Crippen molar-refractivity contribution in [3.8, 4) is 0 Å². The molecule has 1 saturated carbocycles. The van der Waals surface area contributed by atoms with Crippen molar-refractivity contribution in [3.63, 3.8) is 0 Å². The maximum absolute atomic E-state index is 5.95. The predicted octanol–water partition coefficient (Wildman–Crippen LogP) is 2.72. The van der Waals surface area contributed by atoms with Crippen LogP contribution in [-0.4, -0.2) is 34.1 Å². The van der Waals surface area contributed by atoms with Gasteiger partial charge in [-0.15, -0.1) is 23.5 Å². The minimum absolute atomic E-state index is 0.345. The SMILES string of the molecule is CC1(C)OCC([C@H]2CC23SCCCS3)O1. The van der Waals surface area contributed by atoms with E-state index in [1.807, 2.05) is 13.8 Å². The zero-order valence-electron chi connectivity index (χ0n) is 9.32. The highest BCUT2D eigenvalue weighted by molar-refractivity contribution is 8.19. The topological polar surface area (TPSA) is 18.5 Å². The third kappa shape index (κ3) is 1.94. The van der Waals surface area contributed by atoms with Gasteiger partial charge >= 0.3 is 0 Å². The van der Waals surface area contributed by atoms with Gasteiger partial charge < -0.3 is 9.47 Å². The van der Waals surface area contributed by atoms with Crippen molar-refractivity contribution in [2.75, 3.05) is 18.1 Å². The first-order valence-electron chi connectivity index (χ1n) is 5.71. The molecule has 86 valence electrons. The zero-order valence-corrected chi connectivity index (χ0v) is 11.0. The Morgan fingerprint density at radius 2 is 1.93 bits per heavy atom. The maximum Gasteiger partial charge on any atom is 0.163 e. The Labute approximate surface area is 99.8 Å². The third-order valence-electron chi connectivity index (χ3n) is 3.37. The predicted molar refractivity (Wildman–Crippen MR) is 65.3 cm³/mol. The fourth-order valence-corrected chi connectivity index (χ4v) is 6.11. The number of hydrogen-bond donors (Lipinski definition) is 0. The first-order valence-corrected chi connectivity index (χ1v) is 7.68. The zero-order chi connectivity index (χ0) is 10.5. The Hall–Kier alpha value is 0.620. The summed E-state index contributed by atoms with van der Waals surface area (Å²) in [6, 6.07) is 0. The van der Waals surface area contributed by atoms with E-state index < -0.39 is 0 Å². The Balaban J connectivity index is 1.62. The fourth-order valence-electron chi connectivity index (χ4n) is 2.50. The number of ether oxygens (including phenoxy) is 2. The van der Waals surface area contributed by atoms with Gasteiger partial charge in [-0.05, 0) is 38.2 Å². The molecule has 3 aliphatic rings. The van der Waals surface area contributed by atoms with E-state index in [9.17, 15) is 0 Å². The summed E-state index contributed by atoms with van der Waals surface area (Å²) < 4.78 is 12.1. The van der Waals surface area contributed by atoms with Crippen LogP contribution in [-0.2, 0) is 9.47 Å². The van der Waals surface area contributed by atoms with Crippen LogP contribution in [0.15, 0.2) is 0 Å². The van der Waals surface area contributed by atoms with Crippen LogP contribution in [0.3, 0.4) is 0 Å². The highest BCUT2D eigenvalue weighted by Crippen LogP contribution is 2.66. The molecule has 4 heteroatoms. The monoisotopic (exact) mass is 246 g/mol. The summed E-state index contributed by atoms with van der Waals surface area (Å²) in [7, 11) is 0. The maximum atomic E-state index is 5.95. The number of hydrogen-bond acceptors (Lipinski definition) is 4. The normalized spacial score (nSPS) is 42.0. The Kier molecular flexibility index (Phi) is 2.55. The van der Waals surface area contributed by atoms with Gasteiger partial charge in [0.2, 0.25) is 0 Å². The second-order valence-electron chi connectivity index (χ2n) is 5.04. The largest absolute Gasteiger partial charge is 0.348 e. The molecule has 0 bridgehead atoms. The summed E-state index contributed by atoms with van der Waals surface area (Å²) in [5, 5.41) is 0. The van der Waals surface area contributed by atoms with Crippen molar-refractivity contribution in [1.29, 1.82) is 0 Å². The molecule has 2 saturated heterocycles. The molecule has 15 heavy (non-hydrogen) atoms. The molecule has 2 atom stereocenters. The summed E-state index contributed by atoms with van der Waals surface area (Å²) >= 11 is 4.31. The lowest BCUT2D eigenvalue weighted by Gasteiger charge is -2.24. The second kappa shape index (κ2) is 3.56.